The van der Waals surface area contributed by atoms with Gasteiger partial charge in [0.1, 0.15) is 5.76 Å². The molecule has 1 aromatic heterocycles. The molecule has 0 aliphatic heterocycles. The molecule has 3 nitrogen and oxygen atoms in total. The smallest absolute Gasteiger partial charge is 0.157 e. The quantitative estimate of drug-likeness (QED) is 0.580. The Morgan fingerprint density at radius 3 is 2.57 bits per heavy atom. The van der Waals surface area contributed by atoms with E-state index in [2.05, 4.69) is 24.5 Å². The molecule has 3 rings (SSSR count). The van der Waals surface area contributed by atoms with Gasteiger partial charge < -0.3 is 9.73 Å². The van der Waals surface area contributed by atoms with Crippen molar-refractivity contribution < 1.29 is 4.42 Å². The van der Waals surface area contributed by atoms with Gasteiger partial charge in [-0.25, -0.2) is 0 Å². The minimum atomic E-state index is 0.589. The monoisotopic (exact) mass is 392 g/mol. The van der Waals surface area contributed by atoms with E-state index in [9.17, 15) is 5.26 Å². The van der Waals surface area contributed by atoms with Crippen molar-refractivity contribution in [1.29, 1.82) is 5.26 Å². The zero-order chi connectivity index (χ0) is 21.5. The van der Waals surface area contributed by atoms with Crippen molar-refractivity contribution >= 4 is 23.5 Å². The third-order valence-electron chi connectivity index (χ3n) is 4.73. The minimum Gasteiger partial charge on any atom is -0.454 e. The molecule has 0 radical (unpaired) electrons. The highest BCUT2D eigenvalue weighted by Crippen LogP contribution is 2.24. The molecule has 0 saturated carbocycles. The Labute approximate surface area is 177 Å². The number of benzene rings is 2. The minimum absolute atomic E-state index is 0.589. The second kappa shape index (κ2) is 9.45. The Morgan fingerprint density at radius 1 is 1.13 bits per heavy atom. The SMILES string of the molecule is C=C/C=C(/c1ccccc1)c1o/c(=C(/C=C\C)Nc2cccc(C#N)c2)c(=C)c1C. The number of hydrogen-bond donors (Lipinski definition) is 1. The summed E-state index contributed by atoms with van der Waals surface area (Å²) in [6.45, 7) is 12.1. The fraction of sp³-hybridized carbons (Fsp3) is 0.0741. The molecule has 1 N–H and O–H groups in total. The zero-order valence-electron chi connectivity index (χ0n) is 17.3. The van der Waals surface area contributed by atoms with Crippen LogP contribution in [0.1, 0.15) is 29.4 Å². The van der Waals surface area contributed by atoms with Crippen molar-refractivity contribution in [3.63, 3.8) is 0 Å². The summed E-state index contributed by atoms with van der Waals surface area (Å²) in [5.74, 6) is 0.760. The molecular formula is C27H24N2O. The number of furan rings is 1. The van der Waals surface area contributed by atoms with Crippen LogP contribution in [0.15, 0.2) is 89.9 Å². The Hall–Kier alpha value is -4.03. The van der Waals surface area contributed by atoms with Crippen LogP contribution in [0.2, 0.25) is 0 Å². The molecule has 0 saturated heterocycles. The summed E-state index contributed by atoms with van der Waals surface area (Å²) in [6.07, 6.45) is 7.58. The van der Waals surface area contributed by atoms with Crippen LogP contribution in [0.4, 0.5) is 5.69 Å². The van der Waals surface area contributed by atoms with E-state index >= 15 is 0 Å². The molecule has 0 fully saturated rings. The topological polar surface area (TPSA) is 49.0 Å². The van der Waals surface area contributed by atoms with E-state index in [0.717, 1.165) is 39.1 Å². The summed E-state index contributed by atoms with van der Waals surface area (Å²) in [6, 6.07) is 19.6. The van der Waals surface area contributed by atoms with Crippen LogP contribution in [0.25, 0.3) is 17.8 Å². The van der Waals surface area contributed by atoms with Crippen LogP contribution >= 0.6 is 0 Å². The maximum Gasteiger partial charge on any atom is 0.157 e. The molecule has 0 aliphatic rings. The van der Waals surface area contributed by atoms with Gasteiger partial charge in [-0.2, -0.15) is 5.26 Å². The van der Waals surface area contributed by atoms with E-state index in [1.54, 1.807) is 18.2 Å². The molecule has 0 unspecified atom stereocenters. The summed E-state index contributed by atoms with van der Waals surface area (Å²) < 4.78 is 6.36. The lowest BCUT2D eigenvalue weighted by Gasteiger charge is -2.07. The van der Waals surface area contributed by atoms with E-state index in [1.807, 2.05) is 74.5 Å². The van der Waals surface area contributed by atoms with Crippen molar-refractivity contribution in [3.05, 3.63) is 119 Å². The highest BCUT2D eigenvalue weighted by atomic mass is 16.3. The van der Waals surface area contributed by atoms with E-state index < -0.39 is 0 Å². The Morgan fingerprint density at radius 2 is 1.90 bits per heavy atom. The summed E-state index contributed by atoms with van der Waals surface area (Å²) in [5, 5.41) is 13.4. The van der Waals surface area contributed by atoms with E-state index in [1.165, 1.54) is 0 Å². The molecule has 2 aromatic carbocycles. The molecule has 3 heteroatoms. The van der Waals surface area contributed by atoms with Crippen LogP contribution in [0, 0.1) is 18.3 Å². The van der Waals surface area contributed by atoms with Gasteiger partial charge in [0.05, 0.1) is 17.3 Å². The van der Waals surface area contributed by atoms with Gasteiger partial charge in [-0.15, -0.1) is 0 Å². The molecule has 0 aliphatic carbocycles. The summed E-state index contributed by atoms with van der Waals surface area (Å²) in [7, 11) is 0. The molecule has 3 aromatic rings. The normalized spacial score (nSPS) is 12.5. The third kappa shape index (κ3) is 4.34. The Bertz CT molecular complexity index is 1270. The van der Waals surface area contributed by atoms with Gasteiger partial charge in [-0.3, -0.25) is 0 Å². The lowest BCUT2D eigenvalue weighted by molar-refractivity contribution is 0.515. The first-order valence-electron chi connectivity index (χ1n) is 9.70. The maximum atomic E-state index is 9.18. The first-order chi connectivity index (χ1) is 14.6. The molecule has 0 spiro atoms. The molecule has 148 valence electrons. The maximum absolute atomic E-state index is 9.18. The first kappa shape index (κ1) is 20.7. The number of hydrogen-bond acceptors (Lipinski definition) is 3. The lowest BCUT2D eigenvalue weighted by atomic mass is 10.0. The van der Waals surface area contributed by atoms with Crippen molar-refractivity contribution in [2.24, 2.45) is 0 Å². The van der Waals surface area contributed by atoms with Crippen LogP contribution in [0.3, 0.4) is 0 Å². The molecular weight excluding hydrogens is 368 g/mol. The standard InChI is InChI=1S/C27H24N2O/c1-5-11-24(22-14-8-7-9-15-22)26-19(3)20(4)27(30-26)25(12-6-2)29-23-16-10-13-21(17-23)18-28/h5-17,29H,1,4H2,2-3H3/b12-6-,24-11-,27-25-. The van der Waals surface area contributed by atoms with E-state index in [0.29, 0.717) is 11.0 Å². The third-order valence-corrected chi connectivity index (χ3v) is 4.73. The van der Waals surface area contributed by atoms with Crippen LogP contribution in [0.5, 0.6) is 0 Å². The van der Waals surface area contributed by atoms with E-state index in [-0.39, 0.29) is 0 Å². The van der Waals surface area contributed by atoms with Gasteiger partial charge in [0.2, 0.25) is 0 Å². The van der Waals surface area contributed by atoms with E-state index in [4.69, 9.17) is 4.42 Å². The number of rotatable bonds is 6. The number of allylic oxidation sites excluding steroid dienone is 3. The zero-order valence-corrected chi connectivity index (χ0v) is 17.3. The molecule has 1 heterocycles. The van der Waals surface area contributed by atoms with Crippen LogP contribution in [-0.4, -0.2) is 0 Å². The number of nitrogens with zero attached hydrogens (tertiary/aromatic N) is 1. The molecule has 0 amide bonds. The number of nitrogens with one attached hydrogen (secondary N) is 1. The number of nitriles is 1. The van der Waals surface area contributed by atoms with Crippen molar-refractivity contribution in [1.82, 2.24) is 0 Å². The van der Waals surface area contributed by atoms with Gasteiger partial charge in [0.25, 0.3) is 0 Å². The second-order valence-corrected chi connectivity index (χ2v) is 6.78. The van der Waals surface area contributed by atoms with Gasteiger partial charge >= 0.3 is 0 Å². The fourth-order valence-electron chi connectivity index (χ4n) is 3.22. The first-order valence-corrected chi connectivity index (χ1v) is 9.70. The van der Waals surface area contributed by atoms with Crippen molar-refractivity contribution in [2.45, 2.75) is 13.8 Å². The molecule has 0 bridgehead atoms. The summed E-state index contributed by atoms with van der Waals surface area (Å²) >= 11 is 0. The number of anilines is 1. The predicted molar refractivity (Wildman–Crippen MR) is 125 cm³/mol. The van der Waals surface area contributed by atoms with Gasteiger partial charge in [-0.05, 0) is 43.7 Å². The average Bonchev–Trinajstić information content (AvgIpc) is 3.07. The van der Waals surface area contributed by atoms with Crippen LogP contribution < -0.4 is 16.0 Å². The van der Waals surface area contributed by atoms with Gasteiger partial charge in [0, 0.05) is 22.0 Å². The largest absolute Gasteiger partial charge is 0.454 e. The Balaban J connectivity index is 2.20. The highest BCUT2D eigenvalue weighted by Gasteiger charge is 2.15. The highest BCUT2D eigenvalue weighted by molar-refractivity contribution is 5.80. The van der Waals surface area contributed by atoms with Crippen molar-refractivity contribution in [2.75, 3.05) is 5.32 Å². The molecule has 30 heavy (non-hydrogen) atoms. The molecule has 0 atom stereocenters. The predicted octanol–water partition coefficient (Wildman–Crippen LogP) is 5.28. The summed E-state index contributed by atoms with van der Waals surface area (Å²) in [5.41, 5.74) is 5.80. The lowest BCUT2D eigenvalue weighted by Crippen LogP contribution is -2.25. The summed E-state index contributed by atoms with van der Waals surface area (Å²) in [4.78, 5) is 0. The van der Waals surface area contributed by atoms with Gasteiger partial charge in [-0.1, -0.05) is 67.8 Å². The van der Waals surface area contributed by atoms with Crippen molar-refractivity contribution in [3.8, 4) is 6.07 Å². The van der Waals surface area contributed by atoms with Gasteiger partial charge in [0.15, 0.2) is 5.42 Å². The average molecular weight is 393 g/mol. The second-order valence-electron chi connectivity index (χ2n) is 6.78. The Kier molecular flexibility index (Phi) is 6.52. The fourth-order valence-corrected chi connectivity index (χ4v) is 3.22. The van der Waals surface area contributed by atoms with Crippen LogP contribution in [-0.2, 0) is 0 Å².